The Hall–Kier alpha value is -2.90. The maximum Gasteiger partial charge on any atom is 0.324 e. The molecule has 0 saturated carbocycles. The van der Waals surface area contributed by atoms with Crippen LogP contribution in [0.15, 0.2) is 35.8 Å². The van der Waals surface area contributed by atoms with Gasteiger partial charge < -0.3 is 38.8 Å². The van der Waals surface area contributed by atoms with Crippen LogP contribution in [0.5, 0.6) is 0 Å². The van der Waals surface area contributed by atoms with Gasteiger partial charge in [-0.15, -0.1) is 11.3 Å². The third kappa shape index (κ3) is 12.5. The number of esters is 1. The summed E-state index contributed by atoms with van der Waals surface area (Å²) in [6.07, 6.45) is 3.67. The molecule has 4 saturated heterocycles. The second-order valence-electron chi connectivity index (χ2n) is 19.4. The average molecular weight is 1080 g/mol. The number of hydrogen-bond acceptors (Lipinski definition) is 13. The minimum absolute atomic E-state index is 0. The van der Waals surface area contributed by atoms with Gasteiger partial charge in [0, 0.05) is 111 Å². The number of nitrogens with zero attached hydrogens (tertiary/aromatic N) is 8. The highest BCUT2D eigenvalue weighted by Gasteiger charge is 2.38. The highest BCUT2D eigenvalue weighted by atomic mass is 32.1. The molecule has 0 radical (unpaired) electrons. The monoisotopic (exact) mass is 1080 g/mol. The molecule has 5 aliphatic heterocycles. The molecule has 2 N–H and O–H groups in total. The van der Waals surface area contributed by atoms with Gasteiger partial charge in [0.1, 0.15) is 12.1 Å². The van der Waals surface area contributed by atoms with E-state index >= 15 is 0 Å². The number of aryl methyl sites for hydroxylation is 1. The molecule has 22 heteroatoms. The first kappa shape index (κ1) is 59.7. The maximum atomic E-state index is 14.4. The Kier molecular flexibility index (Phi) is 21.6. The summed E-state index contributed by atoms with van der Waals surface area (Å²) in [6, 6.07) is 7.28. The molecule has 4 aromatic rings. The lowest BCUT2D eigenvalue weighted by Gasteiger charge is -2.44. The van der Waals surface area contributed by atoms with Crippen LogP contribution in [0.1, 0.15) is 69.8 Å². The predicted octanol–water partition coefficient (Wildman–Crippen LogP) is 5.52. The summed E-state index contributed by atoms with van der Waals surface area (Å²) in [5.74, 6) is -0.704. The number of carbonyl (C=O) groups is 3. The number of rotatable bonds is 6. The van der Waals surface area contributed by atoms with E-state index in [4.69, 9.17) is 24.2 Å². The van der Waals surface area contributed by atoms with E-state index < -0.39 is 23.5 Å². The van der Waals surface area contributed by atoms with E-state index in [2.05, 4.69) is 82.0 Å². The molecule has 0 aliphatic carbocycles. The number of methoxy groups -OCH3 is 1. The first-order valence-electron chi connectivity index (χ1n) is 23.5. The van der Waals surface area contributed by atoms with Gasteiger partial charge in [-0.05, 0) is 70.8 Å². The first-order chi connectivity index (χ1) is 31.3. The zero-order chi connectivity index (χ0) is 45.6. The zero-order valence-electron chi connectivity index (χ0n) is 41.6. The predicted molar refractivity (Wildman–Crippen MR) is 304 cm³/mol. The quantitative estimate of drug-likeness (QED) is 0.235. The number of morpholine rings is 1. The summed E-state index contributed by atoms with van der Waals surface area (Å²) >= 11 is 1.48. The van der Waals surface area contributed by atoms with Gasteiger partial charge in [0.2, 0.25) is 0 Å². The molecule has 5 atom stereocenters. The number of pyridine rings is 1. The largest absolute Gasteiger partial charge is 0.464 e. The van der Waals surface area contributed by atoms with E-state index in [0.717, 1.165) is 108 Å². The van der Waals surface area contributed by atoms with Crippen molar-refractivity contribution in [2.75, 3.05) is 91.2 Å². The fourth-order valence-corrected chi connectivity index (χ4v) is 11.3. The van der Waals surface area contributed by atoms with Crippen molar-refractivity contribution in [2.24, 2.45) is 5.41 Å². The number of benzene rings is 1. The van der Waals surface area contributed by atoms with Crippen molar-refractivity contribution >= 4 is 113 Å². The number of aromatic nitrogens is 3. The van der Waals surface area contributed by atoms with E-state index in [0.29, 0.717) is 44.9 Å². The fraction of sp³-hybridized carbons (Fsp3) is 0.604. The van der Waals surface area contributed by atoms with Crippen LogP contribution < -0.4 is 15.6 Å². The molecular weight excluding hydrogens is 1000 g/mol. The van der Waals surface area contributed by atoms with Gasteiger partial charge >= 0.3 is 12.0 Å². The number of amides is 3. The zero-order valence-corrected chi connectivity index (χ0v) is 47.4. The van der Waals surface area contributed by atoms with Gasteiger partial charge in [0.15, 0.2) is 0 Å². The van der Waals surface area contributed by atoms with E-state index in [1.807, 2.05) is 25.5 Å². The second-order valence-corrected chi connectivity index (χ2v) is 20.4. The van der Waals surface area contributed by atoms with Gasteiger partial charge in [-0.1, -0.05) is 19.9 Å². The Labute approximate surface area is 452 Å². The van der Waals surface area contributed by atoms with Crippen molar-refractivity contribution in [1.82, 2.24) is 45.0 Å². The molecule has 8 heterocycles. The molecule has 0 unspecified atom stereocenters. The normalized spacial score (nSPS) is 23.4. The van der Waals surface area contributed by atoms with Gasteiger partial charge in [-0.2, -0.15) is 67.5 Å². The maximum absolute atomic E-state index is 14.4. The molecule has 16 nitrogen and oxygen atoms in total. The molecule has 1 aromatic carbocycles. The number of likely N-dealkylation sites (N-methyl/N-ethyl adjacent to an activating group) is 1. The molecule has 4 fully saturated rings. The first-order valence-corrected chi connectivity index (χ1v) is 24.4. The van der Waals surface area contributed by atoms with Crippen LogP contribution in [-0.2, 0) is 43.2 Å². The highest BCUT2D eigenvalue weighted by Crippen LogP contribution is 2.43. The molecular formula is C48H76N10O6S6. The third-order valence-electron chi connectivity index (χ3n) is 14.1. The van der Waals surface area contributed by atoms with E-state index in [9.17, 15) is 14.4 Å². The van der Waals surface area contributed by atoms with Crippen molar-refractivity contribution < 1.29 is 28.6 Å². The molecule has 6 bridgehead atoms. The Morgan fingerprint density at radius 1 is 1.04 bits per heavy atom. The fourth-order valence-electron chi connectivity index (χ4n) is 10.4. The minimum atomic E-state index is -0.906. The summed E-state index contributed by atoms with van der Waals surface area (Å²) in [5, 5.41) is 8.46. The average Bonchev–Trinajstić information content (AvgIpc) is 3.90. The molecule has 0 spiro atoms. The number of anilines is 1. The summed E-state index contributed by atoms with van der Waals surface area (Å²) in [6.45, 7) is 19.1. The number of carbonyl (C=O) groups excluding carboxylic acids is 3. The highest BCUT2D eigenvalue weighted by molar-refractivity contribution is 7.60. The molecule has 3 aromatic heterocycles. The Bertz CT molecular complexity index is 2420. The van der Waals surface area contributed by atoms with Crippen LogP contribution in [0.3, 0.4) is 0 Å². The number of urea groups is 1. The van der Waals surface area contributed by atoms with E-state index in [1.165, 1.54) is 16.3 Å². The Morgan fingerprint density at radius 3 is 2.57 bits per heavy atom. The van der Waals surface area contributed by atoms with Gasteiger partial charge in [-0.3, -0.25) is 24.5 Å². The Morgan fingerprint density at radius 2 is 1.83 bits per heavy atom. The van der Waals surface area contributed by atoms with Crippen molar-refractivity contribution in [1.29, 1.82) is 0 Å². The lowest BCUT2D eigenvalue weighted by atomic mass is 9.84. The standard InChI is InChI=1S/C48H66N10O6S.5H2S/c1-8-56-41-12-11-32-20-35(41)37(44(56)36-21-33(24-49-43(36)31(3)62-7)55-16-15-54-18-19-63-27-34(54)26-55)23-48(4,5)29-64-46(60)38-10-9-13-58(52-38)45(59)39(22-42-50-40(32)28-65-42)51-47(61)57-17-14-53(6)25-30(57)2;;;;;/h11-12,20-21,24,28,30-31,34,38-39,52H,8-10,13-19,22-23,25-27,29H2,1-7H3,(H,51,61);5*1H2/t30-,31-,34-,38-,39-;;;;;/m0...../s1. The molecule has 9 rings (SSSR count). The van der Waals surface area contributed by atoms with Crippen molar-refractivity contribution in [3.05, 3.63) is 52.1 Å². The number of ether oxygens (including phenoxy) is 3. The topological polar surface area (TPSA) is 150 Å². The summed E-state index contributed by atoms with van der Waals surface area (Å²) < 4.78 is 20.5. The Balaban J connectivity index is 0.00000213. The van der Waals surface area contributed by atoms with Crippen LogP contribution in [-0.4, -0.2) is 163 Å². The van der Waals surface area contributed by atoms with Crippen LogP contribution in [0.25, 0.3) is 33.4 Å². The smallest absolute Gasteiger partial charge is 0.324 e. The molecule has 5 aliphatic rings. The minimum Gasteiger partial charge on any atom is -0.464 e. The number of nitrogens with one attached hydrogen (secondary N) is 2. The SMILES string of the molecule is CCn1c(-c2cc(N3CCN4CCOC[C@@H]4C3)cnc2[C@H](C)OC)c2c3cc(ccc31)-c1csc(n1)C[C@H](NC(=O)N1CCN(C)C[C@@H]1C)C(=O)N1CCC[C@H](N1)C(=O)OCC(C)(C)C2.S.S.S.S.S. The number of hydrogen-bond donors (Lipinski definition) is 2. The van der Waals surface area contributed by atoms with E-state index in [-0.39, 0.29) is 105 Å². The summed E-state index contributed by atoms with van der Waals surface area (Å²) in [4.78, 5) is 61.6. The number of fused-ring (bicyclic) bond motifs is 7. The molecule has 390 valence electrons. The lowest BCUT2D eigenvalue weighted by Crippen LogP contribution is -2.62. The van der Waals surface area contributed by atoms with Crippen molar-refractivity contribution in [2.45, 2.75) is 97.1 Å². The van der Waals surface area contributed by atoms with Gasteiger partial charge in [0.25, 0.3) is 5.91 Å². The number of thiazole rings is 1. The lowest BCUT2D eigenvalue weighted by molar-refractivity contribution is -0.155. The van der Waals surface area contributed by atoms with Crippen LogP contribution >= 0.6 is 78.8 Å². The number of cyclic esters (lactones) is 1. The third-order valence-corrected chi connectivity index (χ3v) is 15.0. The molecule has 70 heavy (non-hydrogen) atoms. The van der Waals surface area contributed by atoms with Gasteiger partial charge in [0.05, 0.1) is 65.9 Å². The number of hydrazine groups is 1. The van der Waals surface area contributed by atoms with Crippen LogP contribution in [0, 0.1) is 5.41 Å². The number of piperazine rings is 2. The second kappa shape index (κ2) is 25.4. The van der Waals surface area contributed by atoms with E-state index in [1.54, 1.807) is 12.0 Å². The molecule has 3 amide bonds. The summed E-state index contributed by atoms with van der Waals surface area (Å²) in [5.41, 5.74) is 10.7. The van der Waals surface area contributed by atoms with Crippen LogP contribution in [0.2, 0.25) is 0 Å². The summed E-state index contributed by atoms with van der Waals surface area (Å²) in [7, 11) is 3.78. The van der Waals surface area contributed by atoms with Crippen molar-refractivity contribution in [3.63, 3.8) is 0 Å². The van der Waals surface area contributed by atoms with Crippen LogP contribution in [0.4, 0.5) is 10.5 Å². The van der Waals surface area contributed by atoms with Gasteiger partial charge in [-0.25, -0.2) is 15.2 Å². The van der Waals surface area contributed by atoms with Crippen molar-refractivity contribution in [3.8, 4) is 22.5 Å².